The summed E-state index contributed by atoms with van der Waals surface area (Å²) in [6.07, 6.45) is 7.13. The first-order valence-electron chi connectivity index (χ1n) is 10.9. The number of imidazole rings is 1. The normalized spacial score (nSPS) is 14.7. The third-order valence-corrected chi connectivity index (χ3v) is 5.50. The molecular formula is C24H20N8O2. The van der Waals surface area contributed by atoms with Crippen molar-refractivity contribution in [1.29, 1.82) is 0 Å². The number of pyridine rings is 1. The van der Waals surface area contributed by atoms with Crippen LogP contribution in [0, 0.1) is 0 Å². The summed E-state index contributed by atoms with van der Waals surface area (Å²) in [6, 6.07) is 15.9. The number of H-pyrrole nitrogens is 2. The average molecular weight is 452 g/mol. The molecule has 1 aliphatic rings. The van der Waals surface area contributed by atoms with Gasteiger partial charge in [-0.15, -0.1) is 0 Å². The van der Waals surface area contributed by atoms with Crippen LogP contribution in [0.4, 0.5) is 11.5 Å². The Morgan fingerprint density at radius 1 is 1.15 bits per heavy atom. The number of rotatable bonds is 5. The van der Waals surface area contributed by atoms with Gasteiger partial charge in [-0.25, -0.2) is 9.78 Å². The summed E-state index contributed by atoms with van der Waals surface area (Å²) in [5, 5.41) is 18.3. The third kappa shape index (κ3) is 3.92. The van der Waals surface area contributed by atoms with Gasteiger partial charge in [0.25, 0.3) is 0 Å². The fraction of sp³-hybridized carbons (Fsp3) is 0.125. The second-order valence-electron chi connectivity index (χ2n) is 8.10. The van der Waals surface area contributed by atoms with E-state index in [9.17, 15) is 9.90 Å². The molecule has 6 rings (SSSR count). The highest BCUT2D eigenvalue weighted by molar-refractivity contribution is 5.66. The molecule has 0 amide bonds. The Bertz CT molecular complexity index is 1660. The highest BCUT2D eigenvalue weighted by atomic mass is 16.3. The minimum Gasteiger partial charge on any atom is -0.493 e. The Hall–Kier alpha value is -4.73. The van der Waals surface area contributed by atoms with Crippen molar-refractivity contribution in [3.8, 4) is 17.1 Å². The largest absolute Gasteiger partial charge is 0.493 e. The lowest BCUT2D eigenvalue weighted by atomic mass is 10.1. The Labute approximate surface area is 192 Å². The molecule has 0 saturated heterocycles. The number of hydrogen-bond acceptors (Lipinski definition) is 7. The van der Waals surface area contributed by atoms with Crippen molar-refractivity contribution in [2.45, 2.75) is 18.9 Å². The second kappa shape index (κ2) is 8.00. The fourth-order valence-electron chi connectivity index (χ4n) is 3.67. The van der Waals surface area contributed by atoms with Crippen LogP contribution in [0.3, 0.4) is 0 Å². The van der Waals surface area contributed by atoms with Crippen LogP contribution < -0.4 is 21.7 Å². The van der Waals surface area contributed by atoms with Crippen molar-refractivity contribution in [2.75, 3.05) is 5.32 Å². The lowest BCUT2D eigenvalue weighted by Crippen LogP contribution is -2.19. The van der Waals surface area contributed by atoms with Crippen LogP contribution in [-0.2, 0) is 0 Å². The van der Waals surface area contributed by atoms with Crippen molar-refractivity contribution >= 4 is 23.2 Å². The molecule has 10 nitrogen and oxygen atoms in total. The molecule has 4 heterocycles. The quantitative estimate of drug-likeness (QED) is 0.321. The van der Waals surface area contributed by atoms with Gasteiger partial charge in [0.05, 0.1) is 17.9 Å². The number of aromatic hydroxyl groups is 1. The number of aromatic nitrogens is 6. The first-order chi connectivity index (χ1) is 16.6. The molecule has 34 heavy (non-hydrogen) atoms. The summed E-state index contributed by atoms with van der Waals surface area (Å²) in [5.41, 5.74) is 3.80. The van der Waals surface area contributed by atoms with Gasteiger partial charge < -0.3 is 15.4 Å². The summed E-state index contributed by atoms with van der Waals surface area (Å²) < 4.78 is 1.67. The van der Waals surface area contributed by atoms with Gasteiger partial charge in [0.1, 0.15) is 11.5 Å². The van der Waals surface area contributed by atoms with E-state index in [4.69, 9.17) is 9.98 Å². The molecule has 0 bridgehead atoms. The molecule has 1 saturated carbocycles. The van der Waals surface area contributed by atoms with Crippen LogP contribution >= 0.6 is 0 Å². The monoisotopic (exact) mass is 452 g/mol. The number of anilines is 2. The zero-order valence-corrected chi connectivity index (χ0v) is 17.9. The molecule has 1 aliphatic carbocycles. The number of nitrogens with one attached hydrogen (secondary N) is 3. The van der Waals surface area contributed by atoms with E-state index in [1.54, 1.807) is 23.0 Å². The van der Waals surface area contributed by atoms with Crippen LogP contribution in [0.5, 0.6) is 5.88 Å². The van der Waals surface area contributed by atoms with Crippen LogP contribution in [0.1, 0.15) is 18.5 Å². The van der Waals surface area contributed by atoms with E-state index >= 15 is 0 Å². The van der Waals surface area contributed by atoms with Gasteiger partial charge in [-0.2, -0.15) is 9.61 Å². The molecule has 0 radical (unpaired) electrons. The topological polar surface area (TPSA) is 136 Å². The molecule has 0 spiro atoms. The minimum absolute atomic E-state index is 0.241. The molecule has 168 valence electrons. The smallest absolute Gasteiger partial charge is 0.326 e. The predicted molar refractivity (Wildman–Crippen MR) is 126 cm³/mol. The zero-order chi connectivity index (χ0) is 23.1. The van der Waals surface area contributed by atoms with Crippen molar-refractivity contribution < 1.29 is 5.11 Å². The molecule has 5 aromatic rings. The van der Waals surface area contributed by atoms with Gasteiger partial charge in [0, 0.05) is 28.7 Å². The lowest BCUT2D eigenvalue weighted by molar-refractivity contribution is 0.454. The standard InChI is InChI=1S/C24H20N8O2/c33-23-19(29-24(34)31-23)11-15-13-26-32-21(28-17-8-9-17)12-20(30-22(15)32)27-16-6-4-14(5-7-16)18-3-1-2-10-25-18/h1-7,10-13,17,27,33H,8-9H2,(H2,29,31,34)/b15-11-,28-21?. The van der Waals surface area contributed by atoms with Crippen molar-refractivity contribution in [3.63, 3.8) is 0 Å². The minimum atomic E-state index is -0.492. The molecule has 1 aromatic carbocycles. The molecular weight excluding hydrogens is 432 g/mol. The van der Waals surface area contributed by atoms with Gasteiger partial charge in [0.2, 0.25) is 5.88 Å². The van der Waals surface area contributed by atoms with Crippen LogP contribution in [0.2, 0.25) is 0 Å². The van der Waals surface area contributed by atoms with Crippen molar-refractivity contribution in [1.82, 2.24) is 29.5 Å². The maximum atomic E-state index is 11.5. The van der Waals surface area contributed by atoms with Crippen LogP contribution in [0.25, 0.3) is 23.0 Å². The number of nitrogens with zero attached hydrogens (tertiary/aromatic N) is 5. The molecule has 0 atom stereocenters. The van der Waals surface area contributed by atoms with Gasteiger partial charge >= 0.3 is 5.69 Å². The maximum Gasteiger partial charge on any atom is 0.326 e. The summed E-state index contributed by atoms with van der Waals surface area (Å²) in [5.74, 6) is 0.369. The maximum absolute atomic E-state index is 11.5. The van der Waals surface area contributed by atoms with Crippen molar-refractivity contribution in [3.05, 3.63) is 87.8 Å². The van der Waals surface area contributed by atoms with E-state index < -0.39 is 5.69 Å². The van der Waals surface area contributed by atoms with Gasteiger partial charge in [-0.05, 0) is 43.2 Å². The SMILES string of the molecule is O=c1[nH]c(O)c(/C=c2/cnn3c(=NC4CC4)cc(Nc4ccc(-c5ccccn5)cc4)nc23)[nH]1. The molecule has 1 fully saturated rings. The molecule has 0 aliphatic heterocycles. The molecule has 10 heteroatoms. The Morgan fingerprint density at radius 2 is 2.00 bits per heavy atom. The number of aromatic amines is 2. The highest BCUT2D eigenvalue weighted by Gasteiger charge is 2.20. The van der Waals surface area contributed by atoms with E-state index in [-0.39, 0.29) is 17.6 Å². The first-order valence-corrected chi connectivity index (χ1v) is 10.9. The lowest BCUT2D eigenvalue weighted by Gasteiger charge is -2.08. The van der Waals surface area contributed by atoms with Crippen LogP contribution in [-0.4, -0.2) is 40.7 Å². The Balaban J connectivity index is 1.41. The predicted octanol–water partition coefficient (Wildman–Crippen LogP) is 1.87. The van der Waals surface area contributed by atoms with Crippen LogP contribution in [0.15, 0.2) is 70.7 Å². The molecule has 4 N–H and O–H groups in total. The highest BCUT2D eigenvalue weighted by Crippen LogP contribution is 2.23. The number of benzene rings is 1. The summed E-state index contributed by atoms with van der Waals surface area (Å²) in [6.45, 7) is 0. The fourth-order valence-corrected chi connectivity index (χ4v) is 3.67. The van der Waals surface area contributed by atoms with E-state index in [0.29, 0.717) is 22.2 Å². The van der Waals surface area contributed by atoms with E-state index in [2.05, 4.69) is 25.4 Å². The second-order valence-corrected chi connectivity index (χ2v) is 8.10. The Morgan fingerprint density at radius 3 is 2.71 bits per heavy atom. The molecule has 0 unspecified atom stereocenters. The average Bonchev–Trinajstić information content (AvgIpc) is 3.48. The summed E-state index contributed by atoms with van der Waals surface area (Å²) >= 11 is 0. The summed E-state index contributed by atoms with van der Waals surface area (Å²) in [7, 11) is 0. The van der Waals surface area contributed by atoms with E-state index in [1.807, 2.05) is 48.5 Å². The van der Waals surface area contributed by atoms with E-state index in [1.165, 1.54) is 0 Å². The summed E-state index contributed by atoms with van der Waals surface area (Å²) in [4.78, 5) is 30.3. The Kier molecular flexibility index (Phi) is 4.69. The number of fused-ring (bicyclic) bond motifs is 1. The van der Waals surface area contributed by atoms with Crippen molar-refractivity contribution in [2.24, 2.45) is 4.99 Å². The van der Waals surface area contributed by atoms with Gasteiger partial charge in [-0.3, -0.25) is 15.0 Å². The first kappa shape index (κ1) is 19.9. The zero-order valence-electron chi connectivity index (χ0n) is 17.9. The third-order valence-electron chi connectivity index (χ3n) is 5.50. The number of hydrogen-bond donors (Lipinski definition) is 4. The van der Waals surface area contributed by atoms with Gasteiger partial charge in [-0.1, -0.05) is 18.2 Å². The molecule has 4 aromatic heterocycles. The van der Waals surface area contributed by atoms with Gasteiger partial charge in [0.15, 0.2) is 11.1 Å². The van der Waals surface area contributed by atoms with E-state index in [0.717, 1.165) is 29.8 Å².